The molecular formula is C19H29N7O. The minimum atomic E-state index is 0.0683. The summed E-state index contributed by atoms with van der Waals surface area (Å²) in [5, 5.41) is 15.3. The monoisotopic (exact) mass is 371 g/mol. The highest BCUT2D eigenvalue weighted by Crippen LogP contribution is 2.29. The van der Waals surface area contributed by atoms with Crippen LogP contribution in [-0.4, -0.2) is 67.1 Å². The lowest BCUT2D eigenvalue weighted by molar-refractivity contribution is 0.0681. The molecular weight excluding hydrogens is 342 g/mol. The number of rotatable bonds is 5. The Hall–Kier alpha value is -2.22. The van der Waals surface area contributed by atoms with Crippen molar-refractivity contribution in [3.63, 3.8) is 0 Å². The van der Waals surface area contributed by atoms with E-state index in [2.05, 4.69) is 45.5 Å². The molecule has 0 unspecified atom stereocenters. The predicted octanol–water partition coefficient (Wildman–Crippen LogP) is 1.79. The fourth-order valence-electron chi connectivity index (χ4n) is 4.22. The van der Waals surface area contributed by atoms with Crippen molar-refractivity contribution in [1.29, 1.82) is 0 Å². The Kier molecular flexibility index (Phi) is 4.99. The predicted molar refractivity (Wildman–Crippen MR) is 101 cm³/mol. The fraction of sp³-hybridized carbons (Fsp3) is 0.684. The molecule has 1 amide bonds. The maximum atomic E-state index is 12.4. The summed E-state index contributed by atoms with van der Waals surface area (Å²) in [6, 6.07) is 0. The van der Waals surface area contributed by atoms with Crippen molar-refractivity contribution in [3.8, 4) is 0 Å². The number of hydrogen-bond donors (Lipinski definition) is 1. The molecule has 0 aromatic carbocycles. The SMILES string of the molecule is CC1(C)CCN(Cc2cn(CC3CCN(C(=O)c4cn[nH]c4)CC3)nn2)C1. The minimum Gasteiger partial charge on any atom is -0.339 e. The number of aromatic amines is 1. The normalized spacial score (nSPS) is 21.0. The molecule has 2 fully saturated rings. The molecule has 0 spiro atoms. The van der Waals surface area contributed by atoms with E-state index in [1.807, 2.05) is 9.58 Å². The van der Waals surface area contributed by atoms with Gasteiger partial charge in [-0.3, -0.25) is 19.5 Å². The van der Waals surface area contributed by atoms with Crippen LogP contribution in [0.3, 0.4) is 0 Å². The van der Waals surface area contributed by atoms with E-state index in [0.29, 0.717) is 16.9 Å². The van der Waals surface area contributed by atoms with Gasteiger partial charge in [-0.1, -0.05) is 19.1 Å². The highest BCUT2D eigenvalue weighted by atomic mass is 16.2. The molecule has 8 heteroatoms. The second-order valence-electron chi connectivity index (χ2n) is 8.78. The van der Waals surface area contributed by atoms with Crippen LogP contribution in [0.1, 0.15) is 49.2 Å². The Balaban J connectivity index is 1.25. The molecule has 2 aliphatic heterocycles. The number of nitrogens with one attached hydrogen (secondary N) is 1. The number of likely N-dealkylation sites (tertiary alicyclic amines) is 2. The lowest BCUT2D eigenvalue weighted by Crippen LogP contribution is -2.39. The second kappa shape index (κ2) is 7.42. The molecule has 0 aliphatic carbocycles. The molecule has 0 bridgehead atoms. The van der Waals surface area contributed by atoms with Gasteiger partial charge in [0, 0.05) is 45.1 Å². The van der Waals surface area contributed by atoms with Crippen molar-refractivity contribution < 1.29 is 4.79 Å². The number of H-pyrrole nitrogens is 1. The lowest BCUT2D eigenvalue weighted by atomic mass is 9.93. The topological polar surface area (TPSA) is 82.9 Å². The summed E-state index contributed by atoms with van der Waals surface area (Å²) in [5.74, 6) is 0.609. The number of nitrogens with zero attached hydrogens (tertiary/aromatic N) is 6. The van der Waals surface area contributed by atoms with Crippen LogP contribution in [0.2, 0.25) is 0 Å². The van der Waals surface area contributed by atoms with Gasteiger partial charge in [-0.05, 0) is 37.1 Å². The Morgan fingerprint density at radius 2 is 2.11 bits per heavy atom. The molecule has 146 valence electrons. The minimum absolute atomic E-state index is 0.0683. The molecule has 2 aliphatic rings. The van der Waals surface area contributed by atoms with Gasteiger partial charge in [-0.2, -0.15) is 5.10 Å². The zero-order chi connectivity index (χ0) is 18.9. The van der Waals surface area contributed by atoms with Crippen LogP contribution in [-0.2, 0) is 13.1 Å². The van der Waals surface area contributed by atoms with Gasteiger partial charge in [0.1, 0.15) is 0 Å². The van der Waals surface area contributed by atoms with Crippen LogP contribution < -0.4 is 0 Å². The number of piperidine rings is 1. The van der Waals surface area contributed by atoms with Crippen molar-refractivity contribution in [3.05, 3.63) is 29.8 Å². The van der Waals surface area contributed by atoms with E-state index < -0.39 is 0 Å². The van der Waals surface area contributed by atoms with Crippen molar-refractivity contribution in [1.82, 2.24) is 35.0 Å². The van der Waals surface area contributed by atoms with E-state index in [4.69, 9.17) is 0 Å². The number of carbonyl (C=O) groups excluding carboxylic acids is 1. The summed E-state index contributed by atoms with van der Waals surface area (Å²) in [5.41, 5.74) is 2.11. The summed E-state index contributed by atoms with van der Waals surface area (Å²) in [6.45, 7) is 10.3. The molecule has 0 radical (unpaired) electrons. The van der Waals surface area contributed by atoms with Crippen LogP contribution in [0.25, 0.3) is 0 Å². The Labute approximate surface area is 159 Å². The zero-order valence-electron chi connectivity index (χ0n) is 16.3. The molecule has 0 atom stereocenters. The van der Waals surface area contributed by atoms with Gasteiger partial charge in [0.2, 0.25) is 0 Å². The number of aromatic nitrogens is 5. The summed E-state index contributed by atoms with van der Waals surface area (Å²) in [6.07, 6.45) is 8.59. The molecule has 2 saturated heterocycles. The molecule has 27 heavy (non-hydrogen) atoms. The van der Waals surface area contributed by atoms with Crippen molar-refractivity contribution in [2.75, 3.05) is 26.2 Å². The molecule has 8 nitrogen and oxygen atoms in total. The van der Waals surface area contributed by atoms with Gasteiger partial charge in [-0.15, -0.1) is 5.10 Å². The third kappa shape index (κ3) is 4.37. The Bertz CT molecular complexity index is 759. The largest absolute Gasteiger partial charge is 0.339 e. The van der Waals surface area contributed by atoms with Crippen LogP contribution >= 0.6 is 0 Å². The van der Waals surface area contributed by atoms with Gasteiger partial charge < -0.3 is 4.90 Å². The standard InChI is InChI=1S/C19H29N7O/c1-19(2)5-8-24(14-19)12-17-13-26(23-22-17)11-15-3-6-25(7-4-15)18(27)16-9-20-21-10-16/h9-10,13,15H,3-8,11-12,14H2,1-2H3,(H,20,21). The fourth-order valence-corrected chi connectivity index (χ4v) is 4.22. The summed E-state index contributed by atoms with van der Waals surface area (Å²) >= 11 is 0. The summed E-state index contributed by atoms with van der Waals surface area (Å²) < 4.78 is 1.98. The third-order valence-electron chi connectivity index (χ3n) is 5.82. The first-order valence-electron chi connectivity index (χ1n) is 9.88. The van der Waals surface area contributed by atoms with E-state index in [9.17, 15) is 4.79 Å². The lowest BCUT2D eigenvalue weighted by Gasteiger charge is -2.31. The van der Waals surface area contributed by atoms with Gasteiger partial charge in [0.25, 0.3) is 5.91 Å². The maximum absolute atomic E-state index is 12.4. The molecule has 0 saturated carbocycles. The van der Waals surface area contributed by atoms with Crippen LogP contribution in [0.4, 0.5) is 0 Å². The number of amides is 1. The molecule has 4 rings (SSSR count). The molecule has 1 N–H and O–H groups in total. The summed E-state index contributed by atoms with van der Waals surface area (Å²) in [4.78, 5) is 16.8. The van der Waals surface area contributed by atoms with Gasteiger partial charge >= 0.3 is 0 Å². The highest BCUT2D eigenvalue weighted by molar-refractivity contribution is 5.93. The first-order chi connectivity index (χ1) is 13.0. The smallest absolute Gasteiger partial charge is 0.257 e. The van der Waals surface area contributed by atoms with E-state index in [-0.39, 0.29) is 5.91 Å². The van der Waals surface area contributed by atoms with Crippen LogP contribution in [0, 0.1) is 11.3 Å². The van der Waals surface area contributed by atoms with E-state index >= 15 is 0 Å². The summed E-state index contributed by atoms with van der Waals surface area (Å²) in [7, 11) is 0. The Morgan fingerprint density at radius 1 is 1.30 bits per heavy atom. The van der Waals surface area contributed by atoms with Crippen LogP contribution in [0.15, 0.2) is 18.6 Å². The van der Waals surface area contributed by atoms with E-state index in [1.165, 1.54) is 6.42 Å². The second-order valence-corrected chi connectivity index (χ2v) is 8.78. The molecule has 4 heterocycles. The maximum Gasteiger partial charge on any atom is 0.257 e. The van der Waals surface area contributed by atoms with Crippen LogP contribution in [0.5, 0.6) is 0 Å². The molecule has 2 aromatic heterocycles. The number of hydrogen-bond acceptors (Lipinski definition) is 5. The van der Waals surface area contributed by atoms with Crippen molar-refractivity contribution >= 4 is 5.91 Å². The van der Waals surface area contributed by atoms with Gasteiger partial charge in [-0.25, -0.2) is 0 Å². The average Bonchev–Trinajstić information content (AvgIpc) is 3.37. The van der Waals surface area contributed by atoms with Gasteiger partial charge in [0.15, 0.2) is 0 Å². The Morgan fingerprint density at radius 3 is 2.78 bits per heavy atom. The van der Waals surface area contributed by atoms with Gasteiger partial charge in [0.05, 0.1) is 17.5 Å². The first-order valence-corrected chi connectivity index (χ1v) is 9.88. The van der Waals surface area contributed by atoms with Crippen molar-refractivity contribution in [2.24, 2.45) is 11.3 Å². The van der Waals surface area contributed by atoms with E-state index in [0.717, 1.165) is 57.8 Å². The number of carbonyl (C=O) groups is 1. The average molecular weight is 371 g/mol. The quantitative estimate of drug-likeness (QED) is 0.866. The van der Waals surface area contributed by atoms with E-state index in [1.54, 1.807) is 12.4 Å². The highest BCUT2D eigenvalue weighted by Gasteiger charge is 2.29. The molecule has 2 aromatic rings. The third-order valence-corrected chi connectivity index (χ3v) is 5.82. The first kappa shape index (κ1) is 18.2. The zero-order valence-corrected chi connectivity index (χ0v) is 16.3. The van der Waals surface area contributed by atoms with Crippen molar-refractivity contribution in [2.45, 2.75) is 46.2 Å².